The molecular formula is C28H31ClN2O4S. The predicted octanol–water partition coefficient (Wildman–Crippen LogP) is 4.04. The minimum atomic E-state index is -1.82. The molecule has 4 rings (SSSR count). The molecule has 3 atom stereocenters. The molecule has 1 fully saturated rings. The van der Waals surface area contributed by atoms with Crippen molar-refractivity contribution >= 4 is 34.8 Å². The summed E-state index contributed by atoms with van der Waals surface area (Å²) in [4.78, 5) is 28.1. The quantitative estimate of drug-likeness (QED) is 0.392. The van der Waals surface area contributed by atoms with Crippen LogP contribution < -0.4 is 5.32 Å². The molecule has 1 aliphatic rings. The van der Waals surface area contributed by atoms with Crippen LogP contribution in [-0.4, -0.2) is 52.2 Å². The second kappa shape index (κ2) is 12.0. The molecule has 0 saturated carbocycles. The molecule has 36 heavy (non-hydrogen) atoms. The Balaban J connectivity index is 1.26. The highest BCUT2D eigenvalue weighted by molar-refractivity contribution is 7.10. The third-order valence-electron chi connectivity index (χ3n) is 6.49. The Bertz CT molecular complexity index is 1200. The predicted molar refractivity (Wildman–Crippen MR) is 142 cm³/mol. The lowest BCUT2D eigenvalue weighted by Gasteiger charge is -2.28. The fourth-order valence-corrected chi connectivity index (χ4v) is 5.67. The molecule has 3 N–H and O–H groups in total. The molecule has 1 aliphatic heterocycles. The van der Waals surface area contributed by atoms with E-state index in [9.17, 15) is 19.8 Å². The van der Waals surface area contributed by atoms with Gasteiger partial charge in [0.25, 0.3) is 11.8 Å². The molecule has 2 heterocycles. The van der Waals surface area contributed by atoms with E-state index in [1.807, 2.05) is 55.5 Å². The van der Waals surface area contributed by atoms with E-state index in [0.717, 1.165) is 40.8 Å². The normalized spacial score (nSPS) is 17.1. The van der Waals surface area contributed by atoms with Gasteiger partial charge in [0.2, 0.25) is 0 Å². The van der Waals surface area contributed by atoms with Crippen molar-refractivity contribution in [1.82, 2.24) is 10.2 Å². The van der Waals surface area contributed by atoms with Gasteiger partial charge < -0.3 is 20.4 Å². The summed E-state index contributed by atoms with van der Waals surface area (Å²) in [7, 11) is 0. The molecular weight excluding hydrogens is 496 g/mol. The van der Waals surface area contributed by atoms with Crippen molar-refractivity contribution in [2.75, 3.05) is 13.1 Å². The van der Waals surface area contributed by atoms with Crippen molar-refractivity contribution in [3.05, 3.63) is 92.1 Å². The van der Waals surface area contributed by atoms with Crippen LogP contribution in [0.5, 0.6) is 0 Å². The maximum absolute atomic E-state index is 12.9. The Hall–Kier alpha value is -2.71. The average molecular weight is 527 g/mol. The molecule has 0 radical (unpaired) electrons. The van der Waals surface area contributed by atoms with Crippen LogP contribution in [0.1, 0.15) is 46.0 Å². The number of thiophene rings is 1. The first kappa shape index (κ1) is 26.4. The monoisotopic (exact) mass is 526 g/mol. The fraction of sp³-hybridized carbons (Fsp3) is 0.357. The molecule has 2 aromatic carbocycles. The Morgan fingerprint density at radius 2 is 1.89 bits per heavy atom. The number of carbonyl (C=O) groups excluding carboxylic acids is 2. The maximum Gasteiger partial charge on any atom is 0.255 e. The van der Waals surface area contributed by atoms with Gasteiger partial charge in [-0.1, -0.05) is 53.6 Å². The van der Waals surface area contributed by atoms with E-state index in [2.05, 4.69) is 16.8 Å². The summed E-state index contributed by atoms with van der Waals surface area (Å²) in [5.41, 5.74) is 4.41. The molecule has 6 nitrogen and oxygen atoms in total. The van der Waals surface area contributed by atoms with E-state index in [4.69, 9.17) is 11.6 Å². The highest BCUT2D eigenvalue weighted by Gasteiger charge is 2.38. The molecule has 0 spiro atoms. The van der Waals surface area contributed by atoms with Crippen LogP contribution in [-0.2, 0) is 22.4 Å². The van der Waals surface area contributed by atoms with Crippen LogP contribution in [0, 0.1) is 6.92 Å². The van der Waals surface area contributed by atoms with E-state index < -0.39 is 24.0 Å². The molecule has 0 bridgehead atoms. The number of amides is 2. The van der Waals surface area contributed by atoms with Gasteiger partial charge in [0, 0.05) is 23.0 Å². The van der Waals surface area contributed by atoms with Crippen molar-refractivity contribution < 1.29 is 19.8 Å². The third-order valence-corrected chi connectivity index (χ3v) is 7.78. The average Bonchev–Trinajstić information content (AvgIpc) is 3.53. The number of nitrogens with one attached hydrogen (secondary N) is 1. The number of benzene rings is 2. The van der Waals surface area contributed by atoms with Gasteiger partial charge in [0.1, 0.15) is 0 Å². The second-order valence-corrected chi connectivity index (χ2v) is 10.7. The molecule has 190 valence electrons. The zero-order valence-corrected chi connectivity index (χ0v) is 21.8. The molecule has 1 saturated heterocycles. The van der Waals surface area contributed by atoms with Crippen molar-refractivity contribution in [3.8, 4) is 0 Å². The number of aryl methyl sites for hydroxylation is 1. The van der Waals surface area contributed by atoms with Gasteiger partial charge in [-0.3, -0.25) is 9.59 Å². The topological polar surface area (TPSA) is 89.9 Å². The SMILES string of the molecule is Cc1ccc(C2CCCN2C(=O)[C@H](O)[C@@H](O)C(=O)NCCc2cc(Cc3cccc(Cl)c3)cs2)cc1. The summed E-state index contributed by atoms with van der Waals surface area (Å²) in [5, 5.41) is 26.3. The maximum atomic E-state index is 12.9. The van der Waals surface area contributed by atoms with Crippen LogP contribution >= 0.6 is 22.9 Å². The van der Waals surface area contributed by atoms with Crippen molar-refractivity contribution in [1.29, 1.82) is 0 Å². The van der Waals surface area contributed by atoms with Crippen molar-refractivity contribution in [2.24, 2.45) is 0 Å². The summed E-state index contributed by atoms with van der Waals surface area (Å²) >= 11 is 7.66. The summed E-state index contributed by atoms with van der Waals surface area (Å²) in [6, 6.07) is 17.6. The summed E-state index contributed by atoms with van der Waals surface area (Å²) in [5.74, 6) is -1.37. The summed E-state index contributed by atoms with van der Waals surface area (Å²) in [6.07, 6.45) is -0.676. The molecule has 3 aromatic rings. The minimum absolute atomic E-state index is 0.164. The highest BCUT2D eigenvalue weighted by atomic mass is 35.5. The van der Waals surface area contributed by atoms with Crippen LogP contribution in [0.3, 0.4) is 0 Å². The number of hydrogen-bond acceptors (Lipinski definition) is 5. The van der Waals surface area contributed by atoms with Crippen LogP contribution in [0.25, 0.3) is 0 Å². The number of nitrogens with zero attached hydrogens (tertiary/aromatic N) is 1. The zero-order chi connectivity index (χ0) is 25.7. The standard InChI is InChI=1S/C28H31ClN2O4S/c1-18-7-9-21(10-8-18)24-6-3-13-31(24)28(35)26(33)25(32)27(34)30-12-11-23-16-20(17-36-23)14-19-4-2-5-22(29)15-19/h2,4-5,7-10,15-17,24-26,32-33H,3,6,11-14H2,1H3,(H,30,34)/t24?,25-,26-/m1/s1. The second-order valence-electron chi connectivity index (χ2n) is 9.26. The van der Waals surface area contributed by atoms with Crippen molar-refractivity contribution in [2.45, 2.75) is 50.9 Å². The third kappa shape index (κ3) is 6.53. The molecule has 8 heteroatoms. The van der Waals surface area contributed by atoms with E-state index in [1.54, 1.807) is 16.2 Å². The van der Waals surface area contributed by atoms with Crippen molar-refractivity contribution in [3.63, 3.8) is 0 Å². The summed E-state index contributed by atoms with van der Waals surface area (Å²) < 4.78 is 0. The molecule has 1 aromatic heterocycles. The lowest BCUT2D eigenvalue weighted by molar-refractivity contribution is -0.153. The summed E-state index contributed by atoms with van der Waals surface area (Å²) in [6.45, 7) is 2.78. The van der Waals surface area contributed by atoms with Gasteiger partial charge in [-0.05, 0) is 72.9 Å². The van der Waals surface area contributed by atoms with Gasteiger partial charge in [-0.15, -0.1) is 11.3 Å². The fourth-order valence-electron chi connectivity index (χ4n) is 4.56. The Morgan fingerprint density at radius 1 is 1.11 bits per heavy atom. The van der Waals surface area contributed by atoms with E-state index in [1.165, 1.54) is 5.56 Å². The molecule has 2 amide bonds. The molecule has 0 aliphatic carbocycles. The van der Waals surface area contributed by atoms with Crippen LogP contribution in [0.4, 0.5) is 0 Å². The van der Waals surface area contributed by atoms with E-state index in [-0.39, 0.29) is 6.04 Å². The number of rotatable bonds is 9. The van der Waals surface area contributed by atoms with Gasteiger partial charge >= 0.3 is 0 Å². The lowest BCUT2D eigenvalue weighted by Crippen LogP contribution is -2.50. The number of carbonyl (C=O) groups is 2. The van der Waals surface area contributed by atoms with Crippen LogP contribution in [0.2, 0.25) is 5.02 Å². The van der Waals surface area contributed by atoms with E-state index >= 15 is 0 Å². The number of aliphatic hydroxyl groups is 2. The first-order valence-corrected chi connectivity index (χ1v) is 13.4. The number of aliphatic hydroxyl groups excluding tert-OH is 2. The van der Waals surface area contributed by atoms with Gasteiger partial charge in [0.15, 0.2) is 12.2 Å². The largest absolute Gasteiger partial charge is 0.380 e. The van der Waals surface area contributed by atoms with Gasteiger partial charge in [-0.25, -0.2) is 0 Å². The number of likely N-dealkylation sites (tertiary alicyclic amines) is 1. The first-order valence-electron chi connectivity index (χ1n) is 12.1. The first-order chi connectivity index (χ1) is 17.3. The smallest absolute Gasteiger partial charge is 0.255 e. The highest BCUT2D eigenvalue weighted by Crippen LogP contribution is 2.32. The number of halogens is 1. The van der Waals surface area contributed by atoms with Gasteiger partial charge in [-0.2, -0.15) is 0 Å². The minimum Gasteiger partial charge on any atom is -0.380 e. The molecule has 1 unspecified atom stereocenters. The zero-order valence-electron chi connectivity index (χ0n) is 20.2. The number of hydrogen-bond donors (Lipinski definition) is 3. The van der Waals surface area contributed by atoms with Crippen LogP contribution in [0.15, 0.2) is 60.0 Å². The Morgan fingerprint density at radius 3 is 2.64 bits per heavy atom. The Labute approximate surface area is 220 Å². The lowest BCUT2D eigenvalue weighted by atomic mass is 10.0. The van der Waals surface area contributed by atoms with E-state index in [0.29, 0.717) is 24.5 Å². The van der Waals surface area contributed by atoms with Gasteiger partial charge in [0.05, 0.1) is 6.04 Å². The Kier molecular flexibility index (Phi) is 8.80.